The maximum atomic E-state index is 6.69. The third-order valence-corrected chi connectivity index (χ3v) is 11.9. The van der Waals surface area contributed by atoms with E-state index >= 15 is 0 Å². The highest BCUT2D eigenvalue weighted by molar-refractivity contribution is 6.07. The molecule has 0 amide bonds. The van der Waals surface area contributed by atoms with Crippen LogP contribution in [0.2, 0.25) is 0 Å². The molecule has 10 aromatic rings. The lowest BCUT2D eigenvalue weighted by Crippen LogP contribution is -2.32. The van der Waals surface area contributed by atoms with E-state index in [1.54, 1.807) is 0 Å². The van der Waals surface area contributed by atoms with E-state index in [4.69, 9.17) is 9.15 Å². The zero-order valence-electron chi connectivity index (χ0n) is 30.3. The Morgan fingerprint density at radius 2 is 0.982 bits per heavy atom. The van der Waals surface area contributed by atoms with Crippen LogP contribution in [0, 0.1) is 0 Å². The fraction of sp³-hybridized carbons (Fsp3) is 0.0189. The van der Waals surface area contributed by atoms with Gasteiger partial charge in [0.15, 0.2) is 0 Å². The van der Waals surface area contributed by atoms with Gasteiger partial charge in [-0.3, -0.25) is 0 Å². The number of ether oxygens (including phenoxy) is 1. The number of anilines is 3. The highest BCUT2D eigenvalue weighted by atomic mass is 16.5. The first-order chi connectivity index (χ1) is 27.8. The standard InChI is InChI=1S/C53H33NO2/c1-2-12-34(13-3-1)35-22-25-37(26-23-35)54(39-27-29-42-41-16-6-9-19-48(41)55-51(42)33-39)38-28-30-43-47(32-38)53(46-31-24-36-14-4-5-15-40(36)52(43)46)44-17-7-10-20-49(44)56-50-21-11-8-18-45(50)53/h1-33H. The number of hydrogen-bond donors (Lipinski definition) is 0. The Labute approximate surface area is 324 Å². The number of benzene rings is 9. The van der Waals surface area contributed by atoms with Gasteiger partial charge in [0.05, 0.1) is 5.41 Å². The van der Waals surface area contributed by atoms with Crippen LogP contribution in [-0.2, 0) is 5.41 Å². The van der Waals surface area contributed by atoms with Crippen LogP contribution < -0.4 is 9.64 Å². The predicted molar refractivity (Wildman–Crippen MR) is 229 cm³/mol. The second-order valence-electron chi connectivity index (χ2n) is 14.8. The van der Waals surface area contributed by atoms with Crippen LogP contribution in [0.1, 0.15) is 22.3 Å². The zero-order valence-corrected chi connectivity index (χ0v) is 30.3. The Kier molecular flexibility index (Phi) is 6.55. The molecule has 1 aliphatic heterocycles. The van der Waals surface area contributed by atoms with Gasteiger partial charge in [0.1, 0.15) is 22.7 Å². The molecule has 1 aromatic heterocycles. The van der Waals surface area contributed by atoms with Gasteiger partial charge in [-0.15, -0.1) is 0 Å². The lowest BCUT2D eigenvalue weighted by Gasteiger charge is -2.39. The van der Waals surface area contributed by atoms with Crippen LogP contribution in [0.3, 0.4) is 0 Å². The fourth-order valence-corrected chi connectivity index (χ4v) is 9.53. The van der Waals surface area contributed by atoms with Crippen LogP contribution in [0.5, 0.6) is 11.5 Å². The molecule has 0 radical (unpaired) electrons. The van der Waals surface area contributed by atoms with Gasteiger partial charge >= 0.3 is 0 Å². The first-order valence-electron chi connectivity index (χ1n) is 19.2. The average molecular weight is 716 g/mol. The Balaban J connectivity index is 1.14. The number of fused-ring (bicyclic) bond motifs is 14. The van der Waals surface area contributed by atoms with Gasteiger partial charge in [0.2, 0.25) is 0 Å². The smallest absolute Gasteiger partial charge is 0.137 e. The second-order valence-corrected chi connectivity index (χ2v) is 14.8. The summed E-state index contributed by atoms with van der Waals surface area (Å²) in [5, 5.41) is 4.70. The lowest BCUT2D eigenvalue weighted by atomic mass is 9.66. The van der Waals surface area contributed by atoms with Crippen molar-refractivity contribution in [2.75, 3.05) is 4.90 Å². The minimum atomic E-state index is -0.609. The van der Waals surface area contributed by atoms with E-state index in [9.17, 15) is 0 Å². The molecule has 0 fully saturated rings. The van der Waals surface area contributed by atoms with Gasteiger partial charge in [-0.1, -0.05) is 140 Å². The van der Waals surface area contributed by atoms with E-state index < -0.39 is 5.41 Å². The predicted octanol–water partition coefficient (Wildman–Crippen LogP) is 14.3. The molecule has 1 spiro atoms. The third-order valence-electron chi connectivity index (χ3n) is 11.9. The minimum absolute atomic E-state index is 0.609. The molecule has 56 heavy (non-hydrogen) atoms. The van der Waals surface area contributed by atoms with Crippen LogP contribution in [0.4, 0.5) is 17.1 Å². The van der Waals surface area contributed by atoms with Gasteiger partial charge in [-0.2, -0.15) is 0 Å². The van der Waals surface area contributed by atoms with Gasteiger partial charge in [-0.05, 0) is 98.8 Å². The molecule has 0 saturated heterocycles. The summed E-state index contributed by atoms with van der Waals surface area (Å²) in [5.41, 5.74) is 14.0. The molecule has 9 aromatic carbocycles. The number of para-hydroxylation sites is 3. The molecular weight excluding hydrogens is 683 g/mol. The zero-order chi connectivity index (χ0) is 36.8. The van der Waals surface area contributed by atoms with Crippen molar-refractivity contribution in [3.05, 3.63) is 222 Å². The van der Waals surface area contributed by atoms with Gasteiger partial charge in [0.25, 0.3) is 0 Å². The number of rotatable bonds is 4. The summed E-state index contributed by atoms with van der Waals surface area (Å²) >= 11 is 0. The summed E-state index contributed by atoms with van der Waals surface area (Å²) in [6.45, 7) is 0. The Morgan fingerprint density at radius 3 is 1.79 bits per heavy atom. The molecule has 2 aliphatic rings. The van der Waals surface area contributed by atoms with Crippen molar-refractivity contribution in [1.29, 1.82) is 0 Å². The molecule has 12 rings (SSSR count). The van der Waals surface area contributed by atoms with Crippen molar-refractivity contribution in [2.24, 2.45) is 0 Å². The Bertz CT molecular complexity index is 3130. The average Bonchev–Trinajstić information content (AvgIpc) is 3.78. The minimum Gasteiger partial charge on any atom is -0.457 e. The van der Waals surface area contributed by atoms with Crippen molar-refractivity contribution < 1.29 is 9.15 Å². The summed E-state index contributed by atoms with van der Waals surface area (Å²) in [6.07, 6.45) is 0. The topological polar surface area (TPSA) is 25.6 Å². The third kappa shape index (κ3) is 4.34. The Hall–Kier alpha value is -7.36. The SMILES string of the molecule is c1ccc(-c2ccc(N(c3ccc4c(c3)C3(c5ccccc5Oc5ccccc53)c3ccc5ccccc5c3-4)c3ccc4c(c3)oc3ccccc34)cc2)cc1. The highest BCUT2D eigenvalue weighted by Crippen LogP contribution is 2.63. The molecule has 0 bridgehead atoms. The van der Waals surface area contributed by atoms with E-state index in [1.807, 2.05) is 12.1 Å². The summed E-state index contributed by atoms with van der Waals surface area (Å²) in [6, 6.07) is 72.0. The van der Waals surface area contributed by atoms with E-state index in [0.717, 1.165) is 61.6 Å². The van der Waals surface area contributed by atoms with Gasteiger partial charge < -0.3 is 14.1 Å². The first-order valence-corrected chi connectivity index (χ1v) is 19.2. The van der Waals surface area contributed by atoms with E-state index in [-0.39, 0.29) is 0 Å². The van der Waals surface area contributed by atoms with Crippen LogP contribution in [-0.4, -0.2) is 0 Å². The van der Waals surface area contributed by atoms with Crippen LogP contribution in [0.25, 0.3) is 55.0 Å². The summed E-state index contributed by atoms with van der Waals surface area (Å²) in [5.74, 6) is 1.76. The molecule has 0 atom stereocenters. The number of furan rings is 1. The van der Waals surface area contributed by atoms with E-state index in [2.05, 4.69) is 193 Å². The molecule has 3 nitrogen and oxygen atoms in total. The van der Waals surface area contributed by atoms with Gasteiger partial charge in [0, 0.05) is 45.0 Å². The quantitative estimate of drug-likeness (QED) is 0.181. The normalized spacial score (nSPS) is 13.3. The summed E-state index contributed by atoms with van der Waals surface area (Å²) in [4.78, 5) is 2.37. The largest absolute Gasteiger partial charge is 0.457 e. The van der Waals surface area contributed by atoms with Crippen molar-refractivity contribution in [3.8, 4) is 33.8 Å². The monoisotopic (exact) mass is 715 g/mol. The van der Waals surface area contributed by atoms with E-state index in [0.29, 0.717) is 0 Å². The maximum absolute atomic E-state index is 6.69. The first kappa shape index (κ1) is 31.0. The van der Waals surface area contributed by atoms with Gasteiger partial charge in [-0.25, -0.2) is 0 Å². The molecular formula is C53H33NO2. The second kappa shape index (κ2) is 11.8. The van der Waals surface area contributed by atoms with Crippen molar-refractivity contribution in [2.45, 2.75) is 5.41 Å². The highest BCUT2D eigenvalue weighted by Gasteiger charge is 2.51. The molecule has 3 heteroatoms. The molecule has 262 valence electrons. The molecule has 0 saturated carbocycles. The molecule has 2 heterocycles. The fourth-order valence-electron chi connectivity index (χ4n) is 9.53. The van der Waals surface area contributed by atoms with E-state index in [1.165, 1.54) is 44.2 Å². The van der Waals surface area contributed by atoms with Crippen LogP contribution >= 0.6 is 0 Å². The Morgan fingerprint density at radius 1 is 0.375 bits per heavy atom. The number of nitrogens with zero attached hydrogens (tertiary/aromatic N) is 1. The molecule has 0 unspecified atom stereocenters. The van der Waals surface area contributed by atoms with Crippen LogP contribution in [0.15, 0.2) is 205 Å². The summed E-state index contributed by atoms with van der Waals surface area (Å²) < 4.78 is 13.2. The maximum Gasteiger partial charge on any atom is 0.137 e. The van der Waals surface area contributed by atoms with Crippen molar-refractivity contribution >= 4 is 49.8 Å². The lowest BCUT2D eigenvalue weighted by molar-refractivity contribution is 0.436. The van der Waals surface area contributed by atoms with Crippen molar-refractivity contribution in [3.63, 3.8) is 0 Å². The summed E-state index contributed by atoms with van der Waals surface area (Å²) in [7, 11) is 0. The molecule has 0 N–H and O–H groups in total. The molecule has 1 aliphatic carbocycles. The van der Waals surface area contributed by atoms with Crippen molar-refractivity contribution in [1.82, 2.24) is 0 Å². The number of hydrogen-bond acceptors (Lipinski definition) is 3.